The van der Waals surface area contributed by atoms with Crippen LogP contribution in [0.4, 0.5) is 8.78 Å². The highest BCUT2D eigenvalue weighted by molar-refractivity contribution is 5.82. The van der Waals surface area contributed by atoms with Crippen LogP contribution in [0.15, 0.2) is 24.3 Å². The molecule has 0 aliphatic carbocycles. The lowest BCUT2D eigenvalue weighted by Gasteiger charge is -2.41. The molecule has 2 heterocycles. The van der Waals surface area contributed by atoms with E-state index in [1.54, 1.807) is 6.07 Å². The SMILES string of the molecule is O=C(C1CCc2ccccc2O1)N1CC(F)(F)C1. The number of fused-ring (bicyclic) bond motifs is 1. The Labute approximate surface area is 103 Å². The molecule has 1 amide bonds. The number of carbonyl (C=O) groups is 1. The summed E-state index contributed by atoms with van der Waals surface area (Å²) in [5, 5.41) is 0. The van der Waals surface area contributed by atoms with E-state index in [0.717, 1.165) is 12.0 Å². The van der Waals surface area contributed by atoms with Crippen LogP contribution >= 0.6 is 0 Å². The first-order chi connectivity index (χ1) is 8.55. The maximum absolute atomic E-state index is 12.7. The third-order valence-corrected chi connectivity index (χ3v) is 3.35. The number of halogens is 2. The van der Waals surface area contributed by atoms with E-state index in [-0.39, 0.29) is 5.91 Å². The molecule has 0 aromatic heterocycles. The molecule has 3 rings (SSSR count). The molecular formula is C13H13F2NO2. The molecule has 3 nitrogen and oxygen atoms in total. The molecule has 2 aliphatic heterocycles. The molecule has 96 valence electrons. The van der Waals surface area contributed by atoms with Crippen LogP contribution in [0.3, 0.4) is 0 Å². The van der Waals surface area contributed by atoms with E-state index in [1.165, 1.54) is 4.90 Å². The predicted molar refractivity (Wildman–Crippen MR) is 60.7 cm³/mol. The zero-order valence-corrected chi connectivity index (χ0v) is 9.73. The molecule has 1 saturated heterocycles. The largest absolute Gasteiger partial charge is 0.480 e. The van der Waals surface area contributed by atoms with Crippen molar-refractivity contribution >= 4 is 5.91 Å². The molecule has 1 atom stereocenters. The van der Waals surface area contributed by atoms with Gasteiger partial charge >= 0.3 is 0 Å². The van der Waals surface area contributed by atoms with Crippen molar-refractivity contribution in [1.82, 2.24) is 4.90 Å². The molecule has 0 spiro atoms. The summed E-state index contributed by atoms with van der Waals surface area (Å²) in [5.74, 6) is -2.35. The van der Waals surface area contributed by atoms with E-state index >= 15 is 0 Å². The Kier molecular flexibility index (Phi) is 2.50. The van der Waals surface area contributed by atoms with E-state index in [9.17, 15) is 13.6 Å². The summed E-state index contributed by atoms with van der Waals surface area (Å²) in [6, 6.07) is 7.51. The number of hydrogen-bond donors (Lipinski definition) is 0. The molecule has 1 aromatic rings. The molecule has 0 saturated carbocycles. The number of ether oxygens (including phenoxy) is 1. The summed E-state index contributed by atoms with van der Waals surface area (Å²) in [5.41, 5.74) is 1.07. The number of likely N-dealkylation sites (tertiary alicyclic amines) is 1. The second kappa shape index (κ2) is 3.93. The van der Waals surface area contributed by atoms with E-state index in [2.05, 4.69) is 0 Å². The monoisotopic (exact) mass is 253 g/mol. The summed E-state index contributed by atoms with van der Waals surface area (Å²) in [6.45, 7) is -0.958. The number of hydrogen-bond acceptors (Lipinski definition) is 2. The third-order valence-electron chi connectivity index (χ3n) is 3.35. The van der Waals surface area contributed by atoms with Gasteiger partial charge in [0.05, 0.1) is 13.1 Å². The summed E-state index contributed by atoms with van der Waals surface area (Å²) >= 11 is 0. The zero-order valence-electron chi connectivity index (χ0n) is 9.73. The molecule has 0 N–H and O–H groups in total. The van der Waals surface area contributed by atoms with Crippen LogP contribution in [0.25, 0.3) is 0 Å². The van der Waals surface area contributed by atoms with Crippen molar-refractivity contribution in [2.45, 2.75) is 24.9 Å². The highest BCUT2D eigenvalue weighted by Crippen LogP contribution is 2.31. The molecule has 1 aromatic carbocycles. The zero-order chi connectivity index (χ0) is 12.8. The standard InChI is InChI=1S/C13H13F2NO2/c14-13(15)7-16(8-13)12(17)11-6-5-9-3-1-2-4-10(9)18-11/h1-4,11H,5-8H2. The Morgan fingerprint density at radius 1 is 1.33 bits per heavy atom. The molecule has 1 unspecified atom stereocenters. The van der Waals surface area contributed by atoms with Crippen LogP contribution < -0.4 is 4.74 Å². The van der Waals surface area contributed by atoms with Gasteiger partial charge in [0.25, 0.3) is 11.8 Å². The molecule has 1 fully saturated rings. The smallest absolute Gasteiger partial charge is 0.282 e. The molecule has 0 bridgehead atoms. The van der Waals surface area contributed by atoms with E-state index < -0.39 is 25.1 Å². The average Bonchev–Trinajstić information content (AvgIpc) is 2.34. The lowest BCUT2D eigenvalue weighted by Crippen LogP contribution is -2.61. The highest BCUT2D eigenvalue weighted by atomic mass is 19.3. The Bertz CT molecular complexity index is 482. The third kappa shape index (κ3) is 1.94. The summed E-state index contributed by atoms with van der Waals surface area (Å²) in [4.78, 5) is 13.1. The van der Waals surface area contributed by atoms with Crippen molar-refractivity contribution in [2.75, 3.05) is 13.1 Å². The second-order valence-electron chi connectivity index (χ2n) is 4.80. The van der Waals surface area contributed by atoms with E-state index in [0.29, 0.717) is 12.2 Å². The fourth-order valence-corrected chi connectivity index (χ4v) is 2.37. The summed E-state index contributed by atoms with van der Waals surface area (Å²) in [6.07, 6.45) is 0.686. The molecular weight excluding hydrogens is 240 g/mol. The fraction of sp³-hybridized carbons (Fsp3) is 0.462. The highest BCUT2D eigenvalue weighted by Gasteiger charge is 2.48. The first-order valence-corrected chi connectivity index (χ1v) is 5.96. The number of nitrogens with zero attached hydrogens (tertiary/aromatic N) is 1. The molecule has 5 heteroatoms. The Morgan fingerprint density at radius 2 is 2.06 bits per heavy atom. The minimum Gasteiger partial charge on any atom is -0.480 e. The van der Waals surface area contributed by atoms with Crippen molar-refractivity contribution in [2.24, 2.45) is 0 Å². The van der Waals surface area contributed by atoms with Crippen molar-refractivity contribution in [3.63, 3.8) is 0 Å². The van der Waals surface area contributed by atoms with Gasteiger partial charge in [-0.3, -0.25) is 4.79 Å². The molecule has 2 aliphatic rings. The lowest BCUT2D eigenvalue weighted by atomic mass is 10.00. The number of aryl methyl sites for hydroxylation is 1. The summed E-state index contributed by atoms with van der Waals surface area (Å²) < 4.78 is 31.0. The number of rotatable bonds is 1. The number of amides is 1. The fourth-order valence-electron chi connectivity index (χ4n) is 2.37. The van der Waals surface area contributed by atoms with Gasteiger partial charge in [-0.15, -0.1) is 0 Å². The van der Waals surface area contributed by atoms with Gasteiger partial charge in [-0.2, -0.15) is 0 Å². The minimum absolute atomic E-state index is 0.324. The molecule has 0 radical (unpaired) electrons. The van der Waals surface area contributed by atoms with Crippen LogP contribution in [0.1, 0.15) is 12.0 Å². The van der Waals surface area contributed by atoms with E-state index in [1.807, 2.05) is 18.2 Å². The topological polar surface area (TPSA) is 29.5 Å². The van der Waals surface area contributed by atoms with Gasteiger partial charge in [-0.1, -0.05) is 18.2 Å². The van der Waals surface area contributed by atoms with Gasteiger partial charge < -0.3 is 9.64 Å². The van der Waals surface area contributed by atoms with Gasteiger partial charge in [0.1, 0.15) is 5.75 Å². The molecule has 18 heavy (non-hydrogen) atoms. The first kappa shape index (κ1) is 11.4. The Morgan fingerprint density at radius 3 is 2.78 bits per heavy atom. The number of benzene rings is 1. The van der Waals surface area contributed by atoms with Crippen LogP contribution in [-0.4, -0.2) is 35.9 Å². The van der Waals surface area contributed by atoms with Crippen molar-refractivity contribution in [1.29, 1.82) is 0 Å². The quantitative estimate of drug-likeness (QED) is 0.764. The number of para-hydroxylation sites is 1. The van der Waals surface area contributed by atoms with Crippen LogP contribution in [0, 0.1) is 0 Å². The Hall–Kier alpha value is -1.65. The van der Waals surface area contributed by atoms with Gasteiger partial charge in [-0.25, -0.2) is 8.78 Å². The maximum Gasteiger partial charge on any atom is 0.282 e. The predicted octanol–water partition coefficient (Wildman–Crippen LogP) is 1.86. The Balaban J connectivity index is 1.68. The average molecular weight is 253 g/mol. The first-order valence-electron chi connectivity index (χ1n) is 5.96. The van der Waals surface area contributed by atoms with E-state index in [4.69, 9.17) is 4.74 Å². The summed E-state index contributed by atoms with van der Waals surface area (Å²) in [7, 11) is 0. The van der Waals surface area contributed by atoms with Crippen LogP contribution in [-0.2, 0) is 11.2 Å². The maximum atomic E-state index is 12.7. The lowest BCUT2D eigenvalue weighted by molar-refractivity contribution is -0.172. The van der Waals surface area contributed by atoms with Crippen molar-refractivity contribution in [3.05, 3.63) is 29.8 Å². The number of carbonyl (C=O) groups excluding carboxylic acids is 1. The second-order valence-corrected chi connectivity index (χ2v) is 4.80. The van der Waals surface area contributed by atoms with Gasteiger partial charge in [0, 0.05) is 0 Å². The normalized spacial score (nSPS) is 24.8. The van der Waals surface area contributed by atoms with Gasteiger partial charge in [0.15, 0.2) is 6.10 Å². The minimum atomic E-state index is -2.72. The van der Waals surface area contributed by atoms with Crippen molar-refractivity contribution < 1.29 is 18.3 Å². The van der Waals surface area contributed by atoms with Gasteiger partial charge in [0.2, 0.25) is 0 Å². The number of alkyl halides is 2. The van der Waals surface area contributed by atoms with Crippen molar-refractivity contribution in [3.8, 4) is 5.75 Å². The van der Waals surface area contributed by atoms with Crippen LogP contribution in [0.2, 0.25) is 0 Å². The van der Waals surface area contributed by atoms with Gasteiger partial charge in [-0.05, 0) is 24.5 Å². The van der Waals surface area contributed by atoms with Crippen LogP contribution in [0.5, 0.6) is 5.75 Å².